The third-order valence-corrected chi connectivity index (χ3v) is 3.47. The Morgan fingerprint density at radius 1 is 1.20 bits per heavy atom. The van der Waals surface area contributed by atoms with Gasteiger partial charge in [-0.25, -0.2) is 4.79 Å². The highest BCUT2D eigenvalue weighted by Gasteiger charge is 2.32. The van der Waals surface area contributed by atoms with Gasteiger partial charge >= 0.3 is 12.0 Å². The van der Waals surface area contributed by atoms with Gasteiger partial charge in [-0.05, 0) is 18.8 Å². The molecule has 2 aliphatic rings. The van der Waals surface area contributed by atoms with E-state index in [-0.39, 0.29) is 31.5 Å². The molecular weight excluding hydrogens is 266 g/mol. The van der Waals surface area contributed by atoms with Crippen LogP contribution in [0, 0.1) is 5.92 Å². The highest BCUT2D eigenvalue weighted by Crippen LogP contribution is 2.20. The van der Waals surface area contributed by atoms with E-state index >= 15 is 0 Å². The zero-order valence-electron chi connectivity index (χ0n) is 11.0. The molecule has 0 bridgehead atoms. The Bertz CT molecular complexity index is 434. The van der Waals surface area contributed by atoms with E-state index in [9.17, 15) is 19.2 Å². The van der Waals surface area contributed by atoms with Crippen LogP contribution in [0.5, 0.6) is 0 Å². The number of urea groups is 1. The van der Waals surface area contributed by atoms with Crippen molar-refractivity contribution < 1.29 is 24.3 Å². The number of piperazine rings is 1. The summed E-state index contributed by atoms with van der Waals surface area (Å²) in [5.41, 5.74) is 0. The number of nitrogens with zero attached hydrogens (tertiary/aromatic N) is 2. The van der Waals surface area contributed by atoms with E-state index in [2.05, 4.69) is 5.32 Å². The highest BCUT2D eigenvalue weighted by atomic mass is 16.4. The number of nitrogens with one attached hydrogen (secondary N) is 1. The molecule has 2 rings (SSSR count). The highest BCUT2D eigenvalue weighted by molar-refractivity contribution is 6.02. The van der Waals surface area contributed by atoms with Crippen LogP contribution in [-0.4, -0.2) is 64.9 Å². The van der Waals surface area contributed by atoms with Crippen LogP contribution in [0.3, 0.4) is 0 Å². The number of aliphatic carboxylic acids is 1. The zero-order chi connectivity index (χ0) is 14.7. The van der Waals surface area contributed by atoms with Crippen LogP contribution in [0.1, 0.15) is 19.3 Å². The molecular formula is C12H17N3O5. The van der Waals surface area contributed by atoms with Crippen LogP contribution < -0.4 is 5.32 Å². The smallest absolute Gasteiger partial charge is 0.320 e. The summed E-state index contributed by atoms with van der Waals surface area (Å²) in [4.78, 5) is 48.2. The predicted molar refractivity (Wildman–Crippen MR) is 66.7 cm³/mol. The van der Waals surface area contributed by atoms with Crippen molar-refractivity contribution in [3.63, 3.8) is 0 Å². The lowest BCUT2D eigenvalue weighted by Gasteiger charge is -2.36. The normalized spacial score (nSPS) is 23.5. The van der Waals surface area contributed by atoms with Gasteiger partial charge in [0.25, 0.3) is 0 Å². The molecule has 0 aromatic rings. The van der Waals surface area contributed by atoms with Crippen LogP contribution >= 0.6 is 0 Å². The third kappa shape index (κ3) is 3.46. The number of rotatable bonds is 2. The van der Waals surface area contributed by atoms with E-state index in [4.69, 9.17) is 5.11 Å². The third-order valence-electron chi connectivity index (χ3n) is 3.47. The van der Waals surface area contributed by atoms with Crippen LogP contribution in [0.25, 0.3) is 0 Å². The van der Waals surface area contributed by atoms with Crippen molar-refractivity contribution in [3.05, 3.63) is 0 Å². The molecule has 0 saturated carbocycles. The summed E-state index contributed by atoms with van der Waals surface area (Å²) in [6, 6.07) is -0.372. The molecule has 2 N–H and O–H groups in total. The van der Waals surface area contributed by atoms with Crippen molar-refractivity contribution >= 4 is 23.8 Å². The summed E-state index contributed by atoms with van der Waals surface area (Å²) in [6.07, 6.45) is 1.54. The number of carboxylic acids is 1. The van der Waals surface area contributed by atoms with E-state index in [1.54, 1.807) is 0 Å². The molecule has 0 spiro atoms. The van der Waals surface area contributed by atoms with Gasteiger partial charge in [-0.1, -0.05) is 0 Å². The van der Waals surface area contributed by atoms with E-state index in [0.29, 0.717) is 13.1 Å². The largest absolute Gasteiger partial charge is 0.481 e. The minimum absolute atomic E-state index is 0.0309. The fourth-order valence-electron chi connectivity index (χ4n) is 2.62. The Labute approximate surface area is 115 Å². The topological polar surface area (TPSA) is 107 Å². The lowest BCUT2D eigenvalue weighted by molar-refractivity contribution is -0.138. The Morgan fingerprint density at radius 3 is 2.45 bits per heavy atom. The maximum absolute atomic E-state index is 12.2. The van der Waals surface area contributed by atoms with Crippen molar-refractivity contribution in [2.75, 3.05) is 26.2 Å². The van der Waals surface area contributed by atoms with Gasteiger partial charge < -0.3 is 14.9 Å². The van der Waals surface area contributed by atoms with Crippen molar-refractivity contribution in [1.82, 2.24) is 15.1 Å². The number of carbonyl (C=O) groups is 4. The van der Waals surface area contributed by atoms with Gasteiger partial charge in [-0.15, -0.1) is 0 Å². The molecule has 0 aromatic carbocycles. The number of hydrogen-bond acceptors (Lipinski definition) is 4. The molecule has 2 heterocycles. The average Bonchev–Trinajstić information content (AvgIpc) is 2.36. The molecule has 0 radical (unpaired) electrons. The lowest BCUT2D eigenvalue weighted by atomic mass is 9.95. The monoisotopic (exact) mass is 283 g/mol. The van der Waals surface area contributed by atoms with Crippen molar-refractivity contribution in [2.45, 2.75) is 19.3 Å². The van der Waals surface area contributed by atoms with E-state index in [1.807, 2.05) is 0 Å². The zero-order valence-corrected chi connectivity index (χ0v) is 11.0. The first kappa shape index (κ1) is 14.3. The van der Waals surface area contributed by atoms with Crippen molar-refractivity contribution in [1.29, 1.82) is 0 Å². The Morgan fingerprint density at radius 2 is 1.85 bits per heavy atom. The predicted octanol–water partition coefficient (Wildman–Crippen LogP) is -0.748. The van der Waals surface area contributed by atoms with E-state index in [0.717, 1.165) is 12.8 Å². The summed E-state index contributed by atoms with van der Waals surface area (Å²) in [5, 5.41) is 10.9. The maximum Gasteiger partial charge on any atom is 0.320 e. The molecule has 0 aromatic heterocycles. The van der Waals surface area contributed by atoms with Crippen LogP contribution in [0.2, 0.25) is 0 Å². The molecule has 8 heteroatoms. The Balaban J connectivity index is 1.96. The second-order valence-electron chi connectivity index (χ2n) is 5.16. The van der Waals surface area contributed by atoms with Gasteiger partial charge in [0.15, 0.2) is 0 Å². The standard InChI is InChI=1S/C12H17N3O5/c16-9-6-15(7-10(17)13-9)12(20)14-3-1-2-8(5-14)4-11(18)19/h8H,1-7H2,(H,18,19)(H,13,16,17). The van der Waals surface area contributed by atoms with Crippen LogP contribution in [0.15, 0.2) is 0 Å². The van der Waals surface area contributed by atoms with Gasteiger partial charge in [-0.2, -0.15) is 0 Å². The van der Waals surface area contributed by atoms with E-state index in [1.165, 1.54) is 9.80 Å². The van der Waals surface area contributed by atoms with E-state index < -0.39 is 17.8 Å². The summed E-state index contributed by atoms with van der Waals surface area (Å²) in [7, 11) is 0. The molecule has 0 aliphatic carbocycles. The van der Waals surface area contributed by atoms with Gasteiger partial charge in [0.1, 0.15) is 13.1 Å². The summed E-state index contributed by atoms with van der Waals surface area (Å²) in [6.45, 7) is 0.619. The number of amides is 4. The molecule has 2 saturated heterocycles. The lowest BCUT2D eigenvalue weighted by Crippen LogP contribution is -2.57. The molecule has 110 valence electrons. The number of carboxylic acid groups (broad SMARTS) is 1. The molecule has 2 fully saturated rings. The SMILES string of the molecule is O=C(O)CC1CCCN(C(=O)N2CC(=O)NC(=O)C2)C1. The van der Waals surface area contributed by atoms with Gasteiger partial charge in [0.05, 0.1) is 0 Å². The van der Waals surface area contributed by atoms with Gasteiger partial charge in [0.2, 0.25) is 11.8 Å². The van der Waals surface area contributed by atoms with Gasteiger partial charge in [0, 0.05) is 19.5 Å². The fraction of sp³-hybridized carbons (Fsp3) is 0.667. The second-order valence-corrected chi connectivity index (χ2v) is 5.16. The average molecular weight is 283 g/mol. The van der Waals surface area contributed by atoms with Crippen LogP contribution in [0.4, 0.5) is 4.79 Å². The molecule has 4 amide bonds. The summed E-state index contributed by atoms with van der Waals surface area (Å²) >= 11 is 0. The molecule has 8 nitrogen and oxygen atoms in total. The second kappa shape index (κ2) is 5.89. The Kier molecular flexibility index (Phi) is 4.21. The molecule has 1 atom stereocenters. The fourth-order valence-corrected chi connectivity index (χ4v) is 2.62. The van der Waals surface area contributed by atoms with Crippen LogP contribution in [-0.2, 0) is 14.4 Å². The quantitative estimate of drug-likeness (QED) is 0.648. The maximum atomic E-state index is 12.2. The number of likely N-dealkylation sites (tertiary alicyclic amines) is 1. The summed E-state index contributed by atoms with van der Waals surface area (Å²) in [5.74, 6) is -1.93. The van der Waals surface area contributed by atoms with Gasteiger partial charge in [-0.3, -0.25) is 19.7 Å². The molecule has 1 unspecified atom stereocenters. The molecule has 2 aliphatic heterocycles. The molecule has 20 heavy (non-hydrogen) atoms. The number of piperidine rings is 1. The number of hydrogen-bond donors (Lipinski definition) is 2. The minimum atomic E-state index is -0.878. The van der Waals surface area contributed by atoms with Crippen molar-refractivity contribution in [2.24, 2.45) is 5.92 Å². The number of imide groups is 1. The first-order valence-corrected chi connectivity index (χ1v) is 6.54. The first-order chi connectivity index (χ1) is 9.45. The number of carbonyl (C=O) groups excluding carboxylic acids is 3. The van der Waals surface area contributed by atoms with Crippen molar-refractivity contribution in [3.8, 4) is 0 Å². The minimum Gasteiger partial charge on any atom is -0.481 e. The summed E-state index contributed by atoms with van der Waals surface area (Å²) < 4.78 is 0. The first-order valence-electron chi connectivity index (χ1n) is 6.54. The Hall–Kier alpha value is -2.12.